The summed E-state index contributed by atoms with van der Waals surface area (Å²) in [6, 6.07) is 2.56. The third-order valence-corrected chi connectivity index (χ3v) is 6.08. The van der Waals surface area contributed by atoms with E-state index < -0.39 is 5.60 Å². The molecule has 0 aliphatic carbocycles. The van der Waals surface area contributed by atoms with Gasteiger partial charge in [-0.15, -0.1) is 0 Å². The molecule has 2 aliphatic heterocycles. The van der Waals surface area contributed by atoms with Crippen LogP contribution >= 0.6 is 0 Å². The quantitative estimate of drug-likeness (QED) is 0.856. The molecule has 28 heavy (non-hydrogen) atoms. The summed E-state index contributed by atoms with van der Waals surface area (Å²) in [7, 11) is 0. The molecule has 158 valence electrons. The second kappa shape index (κ2) is 7.93. The number of carbonyl (C=O) groups excluding carboxylic acids is 1. The molecule has 2 saturated heterocycles. The van der Waals surface area contributed by atoms with Crippen LogP contribution in [0.15, 0.2) is 6.07 Å². The van der Waals surface area contributed by atoms with Gasteiger partial charge in [0, 0.05) is 44.5 Å². The third kappa shape index (κ3) is 4.45. The second-order valence-corrected chi connectivity index (χ2v) is 9.47. The fourth-order valence-corrected chi connectivity index (χ4v) is 4.21. The standard InChI is InChI=1S/C21H37N5O2/c1-7-21(6)15-22-10-13-25(21)18-14-16(2)26(23-18)17-8-11-24(12-9-17)19(27)28-20(3,4)5/h14,17,22H,7-13,15H2,1-6H3/t21-/m0/s1. The van der Waals surface area contributed by atoms with Gasteiger partial charge in [-0.2, -0.15) is 5.10 Å². The van der Waals surface area contributed by atoms with Gasteiger partial charge in [-0.1, -0.05) is 6.92 Å². The van der Waals surface area contributed by atoms with Crippen LogP contribution in [0.2, 0.25) is 0 Å². The first-order valence-electron chi connectivity index (χ1n) is 10.7. The van der Waals surface area contributed by atoms with E-state index in [1.165, 1.54) is 5.69 Å². The van der Waals surface area contributed by atoms with Crippen LogP contribution in [0.4, 0.5) is 10.6 Å². The molecule has 0 saturated carbocycles. The fraction of sp³-hybridized carbons (Fsp3) is 0.810. The Morgan fingerprint density at radius 1 is 1.32 bits per heavy atom. The molecular formula is C21H37N5O2. The number of ether oxygens (including phenoxy) is 1. The summed E-state index contributed by atoms with van der Waals surface area (Å²) in [4.78, 5) is 16.6. The zero-order valence-electron chi connectivity index (χ0n) is 18.4. The van der Waals surface area contributed by atoms with Gasteiger partial charge in [0.2, 0.25) is 0 Å². The first kappa shape index (κ1) is 21.0. The number of carbonyl (C=O) groups is 1. The highest BCUT2D eigenvalue weighted by Crippen LogP contribution is 2.31. The van der Waals surface area contributed by atoms with E-state index in [9.17, 15) is 4.79 Å². The highest BCUT2D eigenvalue weighted by Gasteiger charge is 2.35. The molecule has 0 aromatic carbocycles. The van der Waals surface area contributed by atoms with Crippen LogP contribution in [0.1, 0.15) is 65.6 Å². The van der Waals surface area contributed by atoms with Crippen LogP contribution in [0.3, 0.4) is 0 Å². The zero-order valence-corrected chi connectivity index (χ0v) is 18.4. The van der Waals surface area contributed by atoms with E-state index in [4.69, 9.17) is 9.84 Å². The largest absolute Gasteiger partial charge is 0.444 e. The summed E-state index contributed by atoms with van der Waals surface area (Å²) >= 11 is 0. The van der Waals surface area contributed by atoms with Crippen LogP contribution in [0.25, 0.3) is 0 Å². The highest BCUT2D eigenvalue weighted by atomic mass is 16.6. The van der Waals surface area contributed by atoms with Gasteiger partial charge >= 0.3 is 6.09 Å². The Morgan fingerprint density at radius 2 is 2.00 bits per heavy atom. The Balaban J connectivity index is 1.67. The normalized spacial score (nSPS) is 24.5. The van der Waals surface area contributed by atoms with Crippen molar-refractivity contribution in [1.29, 1.82) is 0 Å². The van der Waals surface area contributed by atoms with E-state index >= 15 is 0 Å². The molecule has 0 spiro atoms. The second-order valence-electron chi connectivity index (χ2n) is 9.47. The lowest BCUT2D eigenvalue weighted by Crippen LogP contribution is -2.59. The molecule has 1 aromatic rings. The molecule has 2 aliphatic rings. The van der Waals surface area contributed by atoms with Crippen molar-refractivity contribution in [2.45, 2.75) is 78.0 Å². The van der Waals surface area contributed by atoms with Crippen LogP contribution in [0.5, 0.6) is 0 Å². The molecule has 7 nitrogen and oxygen atoms in total. The molecule has 1 aromatic heterocycles. The lowest BCUT2D eigenvalue weighted by atomic mass is 9.94. The Bertz CT molecular complexity index is 687. The van der Waals surface area contributed by atoms with Crippen LogP contribution in [-0.2, 0) is 4.74 Å². The molecule has 1 amide bonds. The van der Waals surface area contributed by atoms with Crippen molar-refractivity contribution >= 4 is 11.9 Å². The van der Waals surface area contributed by atoms with Gasteiger partial charge < -0.3 is 19.9 Å². The number of aromatic nitrogens is 2. The van der Waals surface area contributed by atoms with Gasteiger partial charge in [-0.05, 0) is 53.9 Å². The number of rotatable bonds is 3. The molecule has 2 fully saturated rings. The number of nitrogens with one attached hydrogen (secondary N) is 1. The Hall–Kier alpha value is -1.76. The summed E-state index contributed by atoms with van der Waals surface area (Å²) in [5.41, 5.74) is 0.850. The van der Waals surface area contributed by atoms with E-state index in [0.29, 0.717) is 19.1 Å². The smallest absolute Gasteiger partial charge is 0.410 e. The van der Waals surface area contributed by atoms with E-state index in [1.54, 1.807) is 0 Å². The number of aryl methyl sites for hydroxylation is 1. The van der Waals surface area contributed by atoms with E-state index in [-0.39, 0.29) is 11.6 Å². The van der Waals surface area contributed by atoms with E-state index in [2.05, 4.69) is 41.7 Å². The summed E-state index contributed by atoms with van der Waals surface area (Å²) < 4.78 is 7.69. The molecular weight excluding hydrogens is 354 g/mol. The van der Waals surface area contributed by atoms with Crippen molar-refractivity contribution in [3.8, 4) is 0 Å². The fourth-order valence-electron chi connectivity index (χ4n) is 4.21. The lowest BCUT2D eigenvalue weighted by molar-refractivity contribution is 0.0184. The Kier molecular flexibility index (Phi) is 5.94. The minimum atomic E-state index is -0.448. The SMILES string of the molecule is CC[C@@]1(C)CNCCN1c1cc(C)n(C2CCN(C(=O)OC(C)(C)C)CC2)n1. The minimum absolute atomic E-state index is 0.101. The molecule has 3 heterocycles. The lowest BCUT2D eigenvalue weighted by Gasteiger charge is -2.45. The summed E-state index contributed by atoms with van der Waals surface area (Å²) in [6.45, 7) is 16.8. The van der Waals surface area contributed by atoms with Crippen molar-refractivity contribution in [1.82, 2.24) is 20.0 Å². The number of hydrogen-bond acceptors (Lipinski definition) is 5. The van der Waals surface area contributed by atoms with Crippen molar-refractivity contribution in [3.05, 3.63) is 11.8 Å². The number of likely N-dealkylation sites (tertiary alicyclic amines) is 1. The zero-order chi connectivity index (χ0) is 20.5. The average molecular weight is 392 g/mol. The maximum Gasteiger partial charge on any atom is 0.410 e. The van der Waals surface area contributed by atoms with Crippen LogP contribution < -0.4 is 10.2 Å². The predicted octanol–water partition coefficient (Wildman–Crippen LogP) is 3.34. The molecule has 0 unspecified atom stereocenters. The first-order valence-corrected chi connectivity index (χ1v) is 10.7. The average Bonchev–Trinajstić information content (AvgIpc) is 3.02. The van der Waals surface area contributed by atoms with Crippen LogP contribution in [0, 0.1) is 6.92 Å². The number of anilines is 1. The number of piperazine rings is 1. The molecule has 3 rings (SSSR count). The molecule has 1 atom stereocenters. The number of amides is 1. The maximum atomic E-state index is 12.3. The number of piperidine rings is 1. The molecule has 0 radical (unpaired) electrons. The summed E-state index contributed by atoms with van der Waals surface area (Å²) in [6.07, 6.45) is 2.70. The van der Waals surface area contributed by atoms with Gasteiger partial charge in [0.25, 0.3) is 0 Å². The molecule has 7 heteroatoms. The third-order valence-electron chi connectivity index (χ3n) is 6.08. The van der Waals surface area contributed by atoms with Gasteiger partial charge in [0.15, 0.2) is 5.82 Å². The minimum Gasteiger partial charge on any atom is -0.444 e. The predicted molar refractivity (Wildman–Crippen MR) is 112 cm³/mol. The van der Waals surface area contributed by atoms with Crippen molar-refractivity contribution in [2.75, 3.05) is 37.6 Å². The Labute approximate surface area is 169 Å². The van der Waals surface area contributed by atoms with Gasteiger partial charge in [-0.25, -0.2) is 4.79 Å². The van der Waals surface area contributed by atoms with Gasteiger partial charge in [0.05, 0.1) is 11.6 Å². The van der Waals surface area contributed by atoms with E-state index in [1.807, 2.05) is 25.7 Å². The van der Waals surface area contributed by atoms with E-state index in [0.717, 1.165) is 44.7 Å². The van der Waals surface area contributed by atoms with Crippen molar-refractivity contribution in [3.63, 3.8) is 0 Å². The Morgan fingerprint density at radius 3 is 2.61 bits per heavy atom. The molecule has 1 N–H and O–H groups in total. The summed E-state index contributed by atoms with van der Waals surface area (Å²) in [5, 5.41) is 8.53. The van der Waals surface area contributed by atoms with Gasteiger partial charge in [0.1, 0.15) is 5.60 Å². The van der Waals surface area contributed by atoms with Crippen molar-refractivity contribution < 1.29 is 9.53 Å². The summed E-state index contributed by atoms with van der Waals surface area (Å²) in [5.74, 6) is 1.08. The maximum absolute atomic E-state index is 12.3. The highest BCUT2D eigenvalue weighted by molar-refractivity contribution is 5.68. The van der Waals surface area contributed by atoms with Crippen molar-refractivity contribution in [2.24, 2.45) is 0 Å². The number of nitrogens with zero attached hydrogens (tertiary/aromatic N) is 4. The topological polar surface area (TPSA) is 62.6 Å². The first-order chi connectivity index (χ1) is 13.1. The van der Waals surface area contributed by atoms with Crippen LogP contribution in [-0.4, -0.2) is 64.6 Å². The number of hydrogen-bond donors (Lipinski definition) is 1. The monoisotopic (exact) mass is 391 g/mol. The van der Waals surface area contributed by atoms with Gasteiger partial charge in [-0.3, -0.25) is 4.68 Å². The molecule has 0 bridgehead atoms.